The molecule has 12 heteroatoms. The Labute approximate surface area is 218 Å². The van der Waals surface area contributed by atoms with Gasteiger partial charge in [0, 0.05) is 0 Å². The Bertz CT molecular complexity index is 1360. The number of nitrogens with one attached hydrogen (secondary N) is 2. The molecule has 0 unspecified atom stereocenters. The lowest BCUT2D eigenvalue weighted by Crippen LogP contribution is -2.39. The van der Waals surface area contributed by atoms with Gasteiger partial charge in [-0.15, -0.1) is 0 Å². The average Bonchev–Trinajstić information content (AvgIpc) is 2.83. The van der Waals surface area contributed by atoms with Crippen LogP contribution in [0.4, 0.5) is 11.4 Å². The van der Waals surface area contributed by atoms with E-state index in [0.29, 0.717) is 22.0 Å². The van der Waals surface area contributed by atoms with Gasteiger partial charge in [-0.05, 0) is 54.1 Å². The van der Waals surface area contributed by atoms with Gasteiger partial charge in [-0.1, -0.05) is 47.5 Å². The molecular formula is C24H22Cl2N4O5S. The van der Waals surface area contributed by atoms with Gasteiger partial charge in [0.15, 0.2) is 6.61 Å². The zero-order valence-corrected chi connectivity index (χ0v) is 21.3. The van der Waals surface area contributed by atoms with Crippen molar-refractivity contribution >= 4 is 62.6 Å². The van der Waals surface area contributed by atoms with Crippen molar-refractivity contribution in [3.05, 3.63) is 88.4 Å². The van der Waals surface area contributed by atoms with Crippen molar-refractivity contribution in [3.63, 3.8) is 0 Å². The monoisotopic (exact) mass is 548 g/mol. The third-order valence-electron chi connectivity index (χ3n) is 4.61. The summed E-state index contributed by atoms with van der Waals surface area (Å²) in [7, 11) is -3.76. The van der Waals surface area contributed by atoms with Gasteiger partial charge in [0.25, 0.3) is 11.8 Å². The second-order valence-electron chi connectivity index (χ2n) is 7.40. The summed E-state index contributed by atoms with van der Waals surface area (Å²) in [6.07, 6.45) is 2.36. The first-order valence-corrected chi connectivity index (χ1v) is 13.1. The molecule has 0 saturated heterocycles. The van der Waals surface area contributed by atoms with E-state index < -0.39 is 22.5 Å². The quantitative estimate of drug-likeness (QED) is 0.294. The number of para-hydroxylation sites is 2. The standard InChI is InChI=1S/C24H22Cl2N4O5S/c1-36(33,34)30(22-9-5-3-7-20(22)26)15-23(31)29-27-14-17-10-12-18(13-11-17)35-16-24(32)28-21-8-4-2-6-19(21)25/h2-14H,15-16H2,1H3,(H,28,32)(H,29,31)/b27-14-. The van der Waals surface area contributed by atoms with Crippen LogP contribution in [0.25, 0.3) is 0 Å². The predicted molar refractivity (Wildman–Crippen MR) is 141 cm³/mol. The van der Waals surface area contributed by atoms with Crippen LogP contribution in [-0.2, 0) is 19.6 Å². The Hall–Kier alpha value is -3.60. The molecule has 0 atom stereocenters. The second kappa shape index (κ2) is 12.4. The van der Waals surface area contributed by atoms with Crippen molar-refractivity contribution in [2.45, 2.75) is 0 Å². The molecule has 3 rings (SSSR count). The maximum Gasteiger partial charge on any atom is 0.262 e. The number of hydrogen-bond donors (Lipinski definition) is 2. The lowest BCUT2D eigenvalue weighted by atomic mass is 10.2. The third-order valence-corrected chi connectivity index (χ3v) is 6.39. The molecule has 188 valence electrons. The van der Waals surface area contributed by atoms with Crippen LogP contribution in [0.2, 0.25) is 10.0 Å². The molecule has 36 heavy (non-hydrogen) atoms. The maximum atomic E-state index is 12.3. The lowest BCUT2D eigenvalue weighted by Gasteiger charge is -2.22. The number of anilines is 2. The van der Waals surface area contributed by atoms with E-state index in [2.05, 4.69) is 15.8 Å². The molecule has 0 radical (unpaired) electrons. The Balaban J connectivity index is 1.51. The highest BCUT2D eigenvalue weighted by molar-refractivity contribution is 7.92. The van der Waals surface area contributed by atoms with E-state index in [4.69, 9.17) is 27.9 Å². The number of ether oxygens (including phenoxy) is 1. The van der Waals surface area contributed by atoms with Gasteiger partial charge in [0.1, 0.15) is 12.3 Å². The van der Waals surface area contributed by atoms with Crippen molar-refractivity contribution in [3.8, 4) is 5.75 Å². The topological polar surface area (TPSA) is 117 Å². The van der Waals surface area contributed by atoms with E-state index in [0.717, 1.165) is 10.6 Å². The number of carbonyl (C=O) groups excluding carboxylic acids is 2. The summed E-state index contributed by atoms with van der Waals surface area (Å²) in [4.78, 5) is 24.3. The Morgan fingerprint density at radius 2 is 1.58 bits per heavy atom. The van der Waals surface area contributed by atoms with E-state index in [1.807, 2.05) is 0 Å². The van der Waals surface area contributed by atoms with E-state index in [1.54, 1.807) is 60.7 Å². The molecule has 0 aliphatic carbocycles. The largest absolute Gasteiger partial charge is 0.484 e. The van der Waals surface area contributed by atoms with Gasteiger partial charge in [-0.3, -0.25) is 13.9 Å². The van der Waals surface area contributed by atoms with Crippen LogP contribution in [0.1, 0.15) is 5.56 Å². The van der Waals surface area contributed by atoms with Gasteiger partial charge >= 0.3 is 0 Å². The van der Waals surface area contributed by atoms with E-state index >= 15 is 0 Å². The number of benzene rings is 3. The van der Waals surface area contributed by atoms with Crippen LogP contribution in [0.15, 0.2) is 77.9 Å². The van der Waals surface area contributed by atoms with Crippen LogP contribution in [0, 0.1) is 0 Å². The molecular weight excluding hydrogens is 527 g/mol. The summed E-state index contributed by atoms with van der Waals surface area (Å²) in [5.41, 5.74) is 3.61. The normalized spacial score (nSPS) is 11.2. The first-order chi connectivity index (χ1) is 17.1. The molecule has 0 aromatic heterocycles. The Kier molecular flexibility index (Phi) is 9.29. The number of amides is 2. The minimum atomic E-state index is -3.76. The van der Waals surface area contributed by atoms with Gasteiger partial charge in [-0.2, -0.15) is 5.10 Å². The second-order valence-corrected chi connectivity index (χ2v) is 10.1. The summed E-state index contributed by atoms with van der Waals surface area (Å²) < 4.78 is 30.7. The average molecular weight is 549 g/mol. The van der Waals surface area contributed by atoms with Crippen LogP contribution < -0.4 is 19.8 Å². The molecule has 9 nitrogen and oxygen atoms in total. The third kappa shape index (κ3) is 7.98. The first kappa shape index (κ1) is 27.0. The van der Waals surface area contributed by atoms with Crippen LogP contribution in [-0.4, -0.2) is 45.9 Å². The smallest absolute Gasteiger partial charge is 0.262 e. The number of hydrazone groups is 1. The zero-order valence-electron chi connectivity index (χ0n) is 19.0. The highest BCUT2D eigenvalue weighted by atomic mass is 35.5. The van der Waals surface area contributed by atoms with Gasteiger partial charge in [-0.25, -0.2) is 13.8 Å². The predicted octanol–water partition coefficient (Wildman–Crippen LogP) is 3.93. The molecule has 0 spiro atoms. The van der Waals surface area contributed by atoms with Crippen molar-refractivity contribution in [2.75, 3.05) is 29.0 Å². The van der Waals surface area contributed by atoms with Gasteiger partial charge in [0.05, 0.1) is 33.9 Å². The molecule has 3 aromatic rings. The molecule has 0 saturated carbocycles. The van der Waals surface area contributed by atoms with Crippen molar-refractivity contribution in [1.29, 1.82) is 0 Å². The van der Waals surface area contributed by atoms with E-state index in [9.17, 15) is 18.0 Å². The van der Waals surface area contributed by atoms with Crippen molar-refractivity contribution in [2.24, 2.45) is 5.10 Å². The number of carbonyl (C=O) groups is 2. The fraction of sp³-hybridized carbons (Fsp3) is 0.125. The molecule has 0 heterocycles. The summed E-state index contributed by atoms with van der Waals surface area (Å²) in [5, 5.41) is 7.14. The van der Waals surface area contributed by atoms with E-state index in [-0.39, 0.29) is 23.2 Å². The fourth-order valence-electron chi connectivity index (χ4n) is 2.93. The molecule has 2 N–H and O–H groups in total. The van der Waals surface area contributed by atoms with Gasteiger partial charge < -0.3 is 10.1 Å². The minimum Gasteiger partial charge on any atom is -0.484 e. The first-order valence-electron chi connectivity index (χ1n) is 10.4. The number of nitrogens with zero attached hydrogens (tertiary/aromatic N) is 2. The van der Waals surface area contributed by atoms with E-state index in [1.165, 1.54) is 18.3 Å². The zero-order chi connectivity index (χ0) is 26.1. The lowest BCUT2D eigenvalue weighted by molar-refractivity contribution is -0.119. The molecule has 2 amide bonds. The SMILES string of the molecule is CS(=O)(=O)N(CC(=O)N/N=C\c1ccc(OCC(=O)Nc2ccccc2Cl)cc1)c1ccccc1Cl. The highest BCUT2D eigenvalue weighted by Crippen LogP contribution is 2.26. The number of halogens is 2. The van der Waals surface area contributed by atoms with Gasteiger partial charge in [0.2, 0.25) is 10.0 Å². The number of rotatable bonds is 10. The maximum absolute atomic E-state index is 12.3. The molecule has 3 aromatic carbocycles. The molecule has 0 bridgehead atoms. The molecule has 0 aliphatic rings. The fourth-order valence-corrected chi connectivity index (χ4v) is 4.27. The summed E-state index contributed by atoms with van der Waals surface area (Å²) in [6, 6.07) is 19.8. The van der Waals surface area contributed by atoms with Crippen molar-refractivity contribution in [1.82, 2.24) is 5.43 Å². The van der Waals surface area contributed by atoms with Crippen LogP contribution in [0.3, 0.4) is 0 Å². The summed E-state index contributed by atoms with van der Waals surface area (Å²) in [6.45, 7) is -0.708. The van der Waals surface area contributed by atoms with Crippen LogP contribution in [0.5, 0.6) is 5.75 Å². The van der Waals surface area contributed by atoms with Crippen molar-refractivity contribution < 1.29 is 22.7 Å². The molecule has 0 aliphatic heterocycles. The van der Waals surface area contributed by atoms with Crippen LogP contribution >= 0.6 is 23.2 Å². The Morgan fingerprint density at radius 1 is 0.944 bits per heavy atom. The Morgan fingerprint density at radius 3 is 2.22 bits per heavy atom. The number of sulfonamides is 1. The number of hydrogen-bond acceptors (Lipinski definition) is 6. The summed E-state index contributed by atoms with van der Waals surface area (Å²) >= 11 is 12.1. The highest BCUT2D eigenvalue weighted by Gasteiger charge is 2.22. The summed E-state index contributed by atoms with van der Waals surface area (Å²) in [5.74, 6) is -0.563. The minimum absolute atomic E-state index is 0.192. The molecule has 0 fully saturated rings.